The molecule has 1 aliphatic heterocycles. The molecule has 2 aliphatic rings. The van der Waals surface area contributed by atoms with Crippen LogP contribution in [0.1, 0.15) is 43.2 Å². The van der Waals surface area contributed by atoms with Gasteiger partial charge in [0.2, 0.25) is 17.6 Å². The molecule has 3 atom stereocenters. The second kappa shape index (κ2) is 9.70. The number of carbonyl (C=O) groups excluding carboxylic acids is 3. The van der Waals surface area contributed by atoms with Gasteiger partial charge in [-0.1, -0.05) is 29.8 Å². The van der Waals surface area contributed by atoms with Crippen LogP contribution in [0.2, 0.25) is 5.02 Å². The summed E-state index contributed by atoms with van der Waals surface area (Å²) < 4.78 is 0. The zero-order chi connectivity index (χ0) is 23.5. The highest BCUT2D eigenvalue weighted by Crippen LogP contribution is 2.43. The lowest BCUT2D eigenvalue weighted by atomic mass is 10.1. The summed E-state index contributed by atoms with van der Waals surface area (Å²) >= 11 is 6.28. The first kappa shape index (κ1) is 22.9. The molecule has 4 N–H and O–H groups in total. The molecule has 33 heavy (non-hydrogen) atoms. The first-order chi connectivity index (χ1) is 15.9. The highest BCUT2D eigenvalue weighted by atomic mass is 35.5. The zero-order valence-corrected chi connectivity index (χ0v) is 19.1. The number of carbonyl (C=O) groups is 3. The Kier molecular flexibility index (Phi) is 6.74. The molecule has 1 aromatic heterocycles. The van der Waals surface area contributed by atoms with E-state index in [4.69, 9.17) is 17.0 Å². The minimum atomic E-state index is -0.496. The van der Waals surface area contributed by atoms with Crippen molar-refractivity contribution in [3.63, 3.8) is 0 Å². The maximum atomic E-state index is 12.9. The summed E-state index contributed by atoms with van der Waals surface area (Å²) in [5.74, 6) is -0.0410. The predicted octanol–water partition coefficient (Wildman–Crippen LogP) is 0.947. The van der Waals surface area contributed by atoms with E-state index in [1.54, 1.807) is 23.2 Å². The summed E-state index contributed by atoms with van der Waals surface area (Å²) in [5, 5.41) is 12.6. The monoisotopic (exact) mass is 468 g/mol. The molecule has 1 saturated carbocycles. The van der Waals surface area contributed by atoms with Gasteiger partial charge in [0.15, 0.2) is 0 Å². The number of halogens is 1. The van der Waals surface area contributed by atoms with Crippen LogP contribution in [0.5, 0.6) is 0 Å². The standard InChI is InChI=1S/C24H26ClN5O3/c1-14(31)22(26)16-7-4-10-27-23(16)28-13-21(32)30-11-5-9-20(30)24(33)29-19-12-17(19)15-6-2-3-8-18(15)25/h2-4,6-8,10,17,19-20,26H,5,9,11-13H2,1H3,(H,27,28)(H,29,33)/p+1/t17-,19?,20-/m0/s1. The van der Waals surface area contributed by atoms with E-state index in [1.807, 2.05) is 24.3 Å². The van der Waals surface area contributed by atoms with Gasteiger partial charge in [0.05, 0.1) is 12.1 Å². The van der Waals surface area contributed by atoms with Crippen molar-refractivity contribution in [1.29, 1.82) is 0 Å². The van der Waals surface area contributed by atoms with Crippen molar-refractivity contribution in [2.45, 2.75) is 44.2 Å². The van der Waals surface area contributed by atoms with Gasteiger partial charge < -0.3 is 15.5 Å². The van der Waals surface area contributed by atoms with Gasteiger partial charge in [0, 0.05) is 36.6 Å². The van der Waals surface area contributed by atoms with Gasteiger partial charge in [-0.3, -0.25) is 19.8 Å². The van der Waals surface area contributed by atoms with Crippen molar-refractivity contribution < 1.29 is 19.8 Å². The number of likely N-dealkylation sites (tertiary alicyclic amines) is 1. The van der Waals surface area contributed by atoms with E-state index in [-0.39, 0.29) is 41.8 Å². The third kappa shape index (κ3) is 5.06. The molecule has 8 nitrogen and oxygen atoms in total. The fraction of sp³-hybridized carbons (Fsp3) is 0.375. The first-order valence-corrected chi connectivity index (χ1v) is 11.4. The van der Waals surface area contributed by atoms with E-state index in [0.717, 1.165) is 18.4 Å². The summed E-state index contributed by atoms with van der Waals surface area (Å²) in [5.41, 5.74) is 1.57. The van der Waals surface area contributed by atoms with Crippen molar-refractivity contribution in [2.75, 3.05) is 18.4 Å². The molecule has 0 bridgehead atoms. The second-order valence-corrected chi connectivity index (χ2v) is 8.85. The van der Waals surface area contributed by atoms with Crippen LogP contribution in [0.4, 0.5) is 5.82 Å². The van der Waals surface area contributed by atoms with Crippen LogP contribution in [0.3, 0.4) is 0 Å². The molecular weight excluding hydrogens is 442 g/mol. The van der Waals surface area contributed by atoms with Crippen LogP contribution in [-0.2, 0) is 14.4 Å². The molecule has 0 spiro atoms. The van der Waals surface area contributed by atoms with Gasteiger partial charge in [0.25, 0.3) is 5.71 Å². The lowest BCUT2D eigenvalue weighted by Gasteiger charge is -2.24. The Morgan fingerprint density at radius 1 is 1.21 bits per heavy atom. The van der Waals surface area contributed by atoms with E-state index >= 15 is 0 Å². The number of nitrogens with two attached hydrogens (primary N) is 1. The van der Waals surface area contributed by atoms with Gasteiger partial charge in [-0.05, 0) is 43.0 Å². The number of nitrogens with one attached hydrogen (secondary N) is 2. The Hall–Kier alpha value is -3.26. The molecule has 9 heteroatoms. The largest absolute Gasteiger partial charge is 0.360 e. The molecule has 4 rings (SSSR count). The Balaban J connectivity index is 1.35. The van der Waals surface area contributed by atoms with E-state index in [1.165, 1.54) is 6.92 Å². The highest BCUT2D eigenvalue weighted by molar-refractivity contribution is 6.43. The Bertz CT molecular complexity index is 1110. The zero-order valence-electron chi connectivity index (χ0n) is 18.4. The number of pyridine rings is 1. The van der Waals surface area contributed by atoms with Crippen molar-refractivity contribution in [1.82, 2.24) is 15.2 Å². The van der Waals surface area contributed by atoms with Crippen LogP contribution < -0.4 is 16.0 Å². The molecule has 0 radical (unpaired) electrons. The van der Waals surface area contributed by atoms with E-state index in [9.17, 15) is 14.4 Å². The maximum absolute atomic E-state index is 12.9. The SMILES string of the molecule is CC(=O)C(=[NH2+])c1cccnc1NCC(=O)N1CCC[C@H]1C(=O)NC1C[C@H]1c1ccccc1Cl. The Morgan fingerprint density at radius 3 is 2.76 bits per heavy atom. The quantitative estimate of drug-likeness (QED) is 0.499. The van der Waals surface area contributed by atoms with Crippen LogP contribution in [0.15, 0.2) is 42.6 Å². The Labute approximate surface area is 197 Å². The van der Waals surface area contributed by atoms with Crippen molar-refractivity contribution in [2.24, 2.45) is 0 Å². The minimum absolute atomic E-state index is 0.0363. The second-order valence-electron chi connectivity index (χ2n) is 8.45. The van der Waals surface area contributed by atoms with Crippen LogP contribution in [0, 0.1) is 0 Å². The molecule has 1 aromatic carbocycles. The number of Topliss-reactive ketones (excluding diaryl/α,β-unsaturated/α-hetero) is 1. The molecule has 1 unspecified atom stereocenters. The molecule has 172 valence electrons. The fourth-order valence-corrected chi connectivity index (χ4v) is 4.58. The van der Waals surface area contributed by atoms with Crippen LogP contribution in [0.25, 0.3) is 0 Å². The molecule has 1 aliphatic carbocycles. The number of aromatic nitrogens is 1. The number of hydrogen-bond donors (Lipinski definition) is 3. The average molecular weight is 469 g/mol. The summed E-state index contributed by atoms with van der Waals surface area (Å²) in [6.45, 7) is 1.85. The molecule has 2 amide bonds. The molecule has 2 fully saturated rings. The number of amides is 2. The van der Waals surface area contributed by atoms with Crippen molar-refractivity contribution in [3.8, 4) is 0 Å². The minimum Gasteiger partial charge on any atom is -0.360 e. The van der Waals surface area contributed by atoms with E-state index in [0.29, 0.717) is 29.4 Å². The third-order valence-corrected chi connectivity index (χ3v) is 6.53. The van der Waals surface area contributed by atoms with Crippen LogP contribution in [-0.4, -0.2) is 58.4 Å². The molecular formula is C24H27ClN5O3+. The lowest BCUT2D eigenvalue weighted by Crippen LogP contribution is -2.48. The summed E-state index contributed by atoms with van der Waals surface area (Å²) in [4.78, 5) is 43.3. The highest BCUT2D eigenvalue weighted by Gasteiger charge is 2.43. The van der Waals surface area contributed by atoms with E-state index in [2.05, 4.69) is 15.6 Å². The van der Waals surface area contributed by atoms with Gasteiger partial charge >= 0.3 is 0 Å². The summed E-state index contributed by atoms with van der Waals surface area (Å²) in [7, 11) is 0. The molecule has 2 heterocycles. The Morgan fingerprint density at radius 2 is 2.00 bits per heavy atom. The smallest absolute Gasteiger partial charge is 0.250 e. The summed E-state index contributed by atoms with van der Waals surface area (Å²) in [6.07, 6.45) is 3.79. The van der Waals surface area contributed by atoms with Crippen molar-refractivity contribution >= 4 is 40.7 Å². The number of rotatable bonds is 8. The number of benzene rings is 1. The van der Waals surface area contributed by atoms with Crippen LogP contribution >= 0.6 is 11.6 Å². The average Bonchev–Trinajstić information content (AvgIpc) is 3.37. The van der Waals surface area contributed by atoms with Gasteiger partial charge in [0.1, 0.15) is 11.9 Å². The number of ketones is 1. The molecule has 2 aromatic rings. The first-order valence-electron chi connectivity index (χ1n) is 11.0. The van der Waals surface area contributed by atoms with E-state index < -0.39 is 6.04 Å². The predicted molar refractivity (Wildman–Crippen MR) is 125 cm³/mol. The third-order valence-electron chi connectivity index (χ3n) is 6.18. The van der Waals surface area contributed by atoms with Gasteiger partial charge in [-0.15, -0.1) is 0 Å². The number of nitrogens with zero attached hydrogens (tertiary/aromatic N) is 2. The topological polar surface area (TPSA) is 117 Å². The number of hydrogen-bond acceptors (Lipinski definition) is 5. The van der Waals surface area contributed by atoms with Gasteiger partial charge in [-0.2, -0.15) is 0 Å². The number of anilines is 1. The lowest BCUT2D eigenvalue weighted by molar-refractivity contribution is -0.137. The normalized spacial score (nSPS) is 21.4. The van der Waals surface area contributed by atoms with Gasteiger partial charge in [-0.25, -0.2) is 4.98 Å². The van der Waals surface area contributed by atoms with Crippen molar-refractivity contribution in [3.05, 3.63) is 58.7 Å². The maximum Gasteiger partial charge on any atom is 0.250 e. The fourth-order valence-electron chi connectivity index (χ4n) is 4.30. The summed E-state index contributed by atoms with van der Waals surface area (Å²) in [6, 6.07) is 10.6. The molecule has 1 saturated heterocycles.